The highest BCUT2D eigenvalue weighted by Crippen LogP contribution is 2.34. The van der Waals surface area contributed by atoms with Crippen molar-refractivity contribution in [1.29, 1.82) is 0 Å². The second-order valence-corrected chi connectivity index (χ2v) is 8.19. The quantitative estimate of drug-likeness (QED) is 0.553. The van der Waals surface area contributed by atoms with Crippen LogP contribution in [0.4, 0.5) is 8.78 Å². The van der Waals surface area contributed by atoms with Crippen molar-refractivity contribution in [2.45, 2.75) is 44.8 Å². The number of benzene rings is 2. The SMILES string of the molecule is CC(C)(Oc1ccc(F)cc1)C(=O)N1CCCC1c1ncc(Cc2ccc(F)cc2)o1. The van der Waals surface area contributed by atoms with Crippen molar-refractivity contribution in [3.8, 4) is 5.75 Å². The number of carbonyl (C=O) groups excluding carboxylic acids is 1. The van der Waals surface area contributed by atoms with Gasteiger partial charge in [-0.15, -0.1) is 0 Å². The Morgan fingerprint density at radius 1 is 1.13 bits per heavy atom. The van der Waals surface area contributed by atoms with Gasteiger partial charge in [-0.25, -0.2) is 13.8 Å². The maximum absolute atomic E-state index is 13.3. The molecule has 0 saturated carbocycles. The number of amides is 1. The minimum Gasteiger partial charge on any atom is -0.478 e. The molecule has 0 radical (unpaired) electrons. The summed E-state index contributed by atoms with van der Waals surface area (Å²) in [7, 11) is 0. The molecule has 0 spiro atoms. The lowest BCUT2D eigenvalue weighted by atomic mass is 10.1. The van der Waals surface area contributed by atoms with Gasteiger partial charge in [-0.3, -0.25) is 4.79 Å². The van der Waals surface area contributed by atoms with Crippen LogP contribution in [0.3, 0.4) is 0 Å². The fourth-order valence-electron chi connectivity index (χ4n) is 3.82. The molecule has 7 heteroatoms. The number of hydrogen-bond acceptors (Lipinski definition) is 4. The molecular formula is C24H24F2N2O3. The Kier molecular flexibility index (Phi) is 5.76. The van der Waals surface area contributed by atoms with Crippen molar-refractivity contribution in [3.63, 3.8) is 0 Å². The van der Waals surface area contributed by atoms with Crippen LogP contribution >= 0.6 is 0 Å². The molecule has 0 N–H and O–H groups in total. The first-order valence-electron chi connectivity index (χ1n) is 10.3. The Hall–Kier alpha value is -3.22. The molecule has 0 bridgehead atoms. The lowest BCUT2D eigenvalue weighted by Gasteiger charge is -2.32. The molecule has 1 aliphatic heterocycles. The average Bonchev–Trinajstić information content (AvgIpc) is 3.40. The highest BCUT2D eigenvalue weighted by Gasteiger charge is 2.41. The van der Waals surface area contributed by atoms with Crippen molar-refractivity contribution in [3.05, 3.63) is 83.6 Å². The minimum absolute atomic E-state index is 0.183. The van der Waals surface area contributed by atoms with Crippen LogP contribution in [0.15, 0.2) is 59.1 Å². The lowest BCUT2D eigenvalue weighted by Crippen LogP contribution is -2.48. The number of hydrogen-bond donors (Lipinski definition) is 0. The van der Waals surface area contributed by atoms with Crippen LogP contribution in [0, 0.1) is 11.6 Å². The summed E-state index contributed by atoms with van der Waals surface area (Å²) in [5, 5.41) is 0. The van der Waals surface area contributed by atoms with Crippen molar-refractivity contribution in [2.24, 2.45) is 0 Å². The Morgan fingerprint density at radius 3 is 2.45 bits per heavy atom. The van der Waals surface area contributed by atoms with Crippen LogP contribution in [0.5, 0.6) is 5.75 Å². The van der Waals surface area contributed by atoms with E-state index in [1.54, 1.807) is 37.1 Å². The minimum atomic E-state index is -1.13. The molecule has 2 heterocycles. The molecule has 162 valence electrons. The predicted octanol–water partition coefficient (Wildman–Crippen LogP) is 5.06. The van der Waals surface area contributed by atoms with Gasteiger partial charge >= 0.3 is 0 Å². The number of oxazole rings is 1. The van der Waals surface area contributed by atoms with Gasteiger partial charge in [0.2, 0.25) is 5.89 Å². The molecule has 1 aliphatic rings. The van der Waals surface area contributed by atoms with Gasteiger partial charge in [0, 0.05) is 13.0 Å². The molecule has 3 aromatic rings. The summed E-state index contributed by atoms with van der Waals surface area (Å²) in [5.41, 5.74) is -0.221. The number of ether oxygens (including phenoxy) is 1. The van der Waals surface area contributed by atoms with E-state index in [1.165, 1.54) is 36.4 Å². The molecule has 31 heavy (non-hydrogen) atoms. The summed E-state index contributed by atoms with van der Waals surface area (Å²) in [6.45, 7) is 3.97. The van der Waals surface area contributed by atoms with Gasteiger partial charge in [0.1, 0.15) is 29.2 Å². The van der Waals surface area contributed by atoms with E-state index < -0.39 is 5.60 Å². The summed E-state index contributed by atoms with van der Waals surface area (Å²) in [6.07, 6.45) is 3.72. The van der Waals surface area contributed by atoms with Gasteiger partial charge in [-0.05, 0) is 68.7 Å². The Labute approximate surface area is 179 Å². The van der Waals surface area contributed by atoms with Crippen LogP contribution in [0.2, 0.25) is 0 Å². The van der Waals surface area contributed by atoms with E-state index in [0.717, 1.165) is 18.4 Å². The molecule has 5 nitrogen and oxygen atoms in total. The zero-order valence-electron chi connectivity index (χ0n) is 17.5. The van der Waals surface area contributed by atoms with E-state index in [2.05, 4.69) is 4.98 Å². The van der Waals surface area contributed by atoms with Gasteiger partial charge in [0.05, 0.1) is 6.20 Å². The summed E-state index contributed by atoms with van der Waals surface area (Å²) in [6, 6.07) is 11.6. The number of nitrogens with zero attached hydrogens (tertiary/aromatic N) is 2. The molecule has 4 rings (SSSR count). The summed E-state index contributed by atoms with van der Waals surface area (Å²) < 4.78 is 38.1. The van der Waals surface area contributed by atoms with Crippen molar-refractivity contribution in [2.75, 3.05) is 6.54 Å². The van der Waals surface area contributed by atoms with Gasteiger partial charge in [0.25, 0.3) is 5.91 Å². The van der Waals surface area contributed by atoms with E-state index in [4.69, 9.17) is 9.15 Å². The topological polar surface area (TPSA) is 55.6 Å². The summed E-state index contributed by atoms with van der Waals surface area (Å²) >= 11 is 0. The highest BCUT2D eigenvalue weighted by atomic mass is 19.1. The van der Waals surface area contributed by atoms with Crippen molar-refractivity contribution in [1.82, 2.24) is 9.88 Å². The van der Waals surface area contributed by atoms with Crippen LogP contribution in [-0.4, -0.2) is 27.9 Å². The second-order valence-electron chi connectivity index (χ2n) is 8.19. The predicted molar refractivity (Wildman–Crippen MR) is 111 cm³/mol. The third-order valence-electron chi connectivity index (χ3n) is 5.36. The number of aromatic nitrogens is 1. The summed E-state index contributed by atoms with van der Waals surface area (Å²) in [4.78, 5) is 19.4. The van der Waals surface area contributed by atoms with Crippen LogP contribution in [-0.2, 0) is 11.2 Å². The van der Waals surface area contributed by atoms with Crippen LogP contribution in [0.1, 0.15) is 49.9 Å². The molecule has 0 aliphatic carbocycles. The molecule has 1 saturated heterocycles. The Balaban J connectivity index is 1.47. The second kappa shape index (κ2) is 8.49. The monoisotopic (exact) mass is 426 g/mol. The third-order valence-corrected chi connectivity index (χ3v) is 5.36. The van der Waals surface area contributed by atoms with E-state index in [-0.39, 0.29) is 23.6 Å². The first-order chi connectivity index (χ1) is 14.8. The van der Waals surface area contributed by atoms with E-state index in [0.29, 0.717) is 30.4 Å². The maximum Gasteiger partial charge on any atom is 0.266 e. The smallest absolute Gasteiger partial charge is 0.266 e. The van der Waals surface area contributed by atoms with Crippen LogP contribution in [0.25, 0.3) is 0 Å². The zero-order valence-corrected chi connectivity index (χ0v) is 17.5. The lowest BCUT2D eigenvalue weighted by molar-refractivity contribution is -0.146. The molecule has 1 unspecified atom stereocenters. The molecule has 1 fully saturated rings. The number of carbonyl (C=O) groups is 1. The first-order valence-corrected chi connectivity index (χ1v) is 10.3. The Morgan fingerprint density at radius 2 is 1.77 bits per heavy atom. The molecule has 1 atom stereocenters. The van der Waals surface area contributed by atoms with E-state index in [9.17, 15) is 13.6 Å². The average molecular weight is 426 g/mol. The fraction of sp³-hybridized carbons (Fsp3) is 0.333. The number of halogens is 2. The standard InChI is InChI=1S/C24H24F2N2O3/c1-24(2,31-19-11-9-18(26)10-12-19)23(29)28-13-3-4-21(28)22-27-15-20(30-22)14-16-5-7-17(25)8-6-16/h5-12,15,21H,3-4,13-14H2,1-2H3. The molecule has 1 aromatic heterocycles. The van der Waals surface area contributed by atoms with Crippen LogP contribution < -0.4 is 4.74 Å². The number of likely N-dealkylation sites (tertiary alicyclic amines) is 1. The highest BCUT2D eigenvalue weighted by molar-refractivity contribution is 5.85. The molecule has 2 aromatic carbocycles. The fourth-order valence-corrected chi connectivity index (χ4v) is 3.82. The van der Waals surface area contributed by atoms with E-state index >= 15 is 0 Å². The van der Waals surface area contributed by atoms with E-state index in [1.807, 2.05) is 0 Å². The Bertz CT molecular complexity index is 1050. The molecule has 1 amide bonds. The summed E-state index contributed by atoms with van der Waals surface area (Å²) in [5.74, 6) is 0.734. The largest absolute Gasteiger partial charge is 0.478 e. The van der Waals surface area contributed by atoms with Gasteiger partial charge in [-0.1, -0.05) is 12.1 Å². The third kappa shape index (κ3) is 4.76. The van der Waals surface area contributed by atoms with Gasteiger partial charge < -0.3 is 14.1 Å². The maximum atomic E-state index is 13.3. The normalized spacial score (nSPS) is 16.5. The van der Waals surface area contributed by atoms with Gasteiger partial charge in [-0.2, -0.15) is 0 Å². The zero-order chi connectivity index (χ0) is 22.0. The molecular weight excluding hydrogens is 402 g/mol. The van der Waals surface area contributed by atoms with Crippen molar-refractivity contribution >= 4 is 5.91 Å². The first kappa shape index (κ1) is 21.0. The number of rotatable bonds is 6. The van der Waals surface area contributed by atoms with Gasteiger partial charge in [0.15, 0.2) is 5.60 Å². The van der Waals surface area contributed by atoms with Crippen molar-refractivity contribution < 1.29 is 22.7 Å².